The quantitative estimate of drug-likeness (QED) is 0.268. The highest BCUT2D eigenvalue weighted by Gasteiger charge is 2.26. The van der Waals surface area contributed by atoms with Crippen molar-refractivity contribution in [3.8, 4) is 0 Å². The Bertz CT molecular complexity index is 661. The van der Waals surface area contributed by atoms with Gasteiger partial charge in [-0.2, -0.15) is 0 Å². The minimum atomic E-state index is -2.73. The van der Waals surface area contributed by atoms with Crippen molar-refractivity contribution >= 4 is 19.5 Å². The summed E-state index contributed by atoms with van der Waals surface area (Å²) in [6.45, 7) is 3.04. The zero-order valence-electron chi connectivity index (χ0n) is 17.6. The summed E-state index contributed by atoms with van der Waals surface area (Å²) in [5.74, 6) is -0.0913. The minimum Gasteiger partial charge on any atom is -0.353 e. The summed E-state index contributed by atoms with van der Waals surface area (Å²) < 4.78 is 18.7. The first-order chi connectivity index (χ1) is 14.1. The van der Waals surface area contributed by atoms with Crippen LogP contribution >= 0.6 is 7.52 Å². The Morgan fingerprint density at radius 3 is 2.76 bits per heavy atom. The zero-order valence-corrected chi connectivity index (χ0v) is 18.5. The number of hydrogen-bond donors (Lipinski definition) is 2. The van der Waals surface area contributed by atoms with Crippen molar-refractivity contribution in [1.82, 2.24) is 15.4 Å². The Labute approximate surface area is 175 Å². The smallest absolute Gasteiger partial charge is 0.270 e. The van der Waals surface area contributed by atoms with Gasteiger partial charge >= 0.3 is 0 Å². The van der Waals surface area contributed by atoms with Crippen LogP contribution in [0.1, 0.15) is 70.3 Å². The first-order valence-electron chi connectivity index (χ1n) is 11.0. The van der Waals surface area contributed by atoms with Crippen LogP contribution in [0, 0.1) is 0 Å². The van der Waals surface area contributed by atoms with Crippen molar-refractivity contribution in [3.05, 3.63) is 36.2 Å². The van der Waals surface area contributed by atoms with Crippen molar-refractivity contribution in [1.29, 1.82) is 0 Å². The number of aromatic nitrogens is 1. The third kappa shape index (κ3) is 10.2. The van der Waals surface area contributed by atoms with E-state index in [9.17, 15) is 9.36 Å². The van der Waals surface area contributed by atoms with E-state index < -0.39 is 7.52 Å². The van der Waals surface area contributed by atoms with Crippen molar-refractivity contribution in [3.63, 3.8) is 0 Å². The molecule has 1 unspecified atom stereocenters. The van der Waals surface area contributed by atoms with E-state index >= 15 is 0 Å². The van der Waals surface area contributed by atoms with E-state index in [1.807, 2.05) is 19.1 Å². The monoisotopic (exact) mass is 421 g/mol. The third-order valence-corrected chi connectivity index (χ3v) is 7.45. The summed E-state index contributed by atoms with van der Waals surface area (Å²) in [7, 11) is -2.73. The largest absolute Gasteiger partial charge is 0.353 e. The molecule has 1 fully saturated rings. The molecule has 0 spiro atoms. The standard InChI is InChI=1S/C22H36N3O3P/c1-2-28-29(27,25-21-12-6-5-7-13-21)18-9-4-3-8-17-24-22(26)15-14-20-11-10-16-23-19-20/h10-11,14-16,19,21H,2-9,12-13,17-18H2,1H3,(H,24,26)(H,25,27). The Morgan fingerprint density at radius 2 is 2.03 bits per heavy atom. The molecule has 29 heavy (non-hydrogen) atoms. The predicted octanol–water partition coefficient (Wildman–Crippen LogP) is 4.92. The van der Waals surface area contributed by atoms with Crippen LogP contribution in [-0.2, 0) is 13.9 Å². The van der Waals surface area contributed by atoms with Crippen LogP contribution in [0.4, 0.5) is 0 Å². The van der Waals surface area contributed by atoms with Gasteiger partial charge in [0, 0.05) is 37.2 Å². The lowest BCUT2D eigenvalue weighted by Gasteiger charge is -2.28. The topological polar surface area (TPSA) is 80.3 Å². The maximum absolute atomic E-state index is 13.0. The summed E-state index contributed by atoms with van der Waals surface area (Å²) in [5.41, 5.74) is 0.906. The second-order valence-electron chi connectivity index (χ2n) is 7.60. The Kier molecular flexibility index (Phi) is 11.2. The molecule has 0 aromatic carbocycles. The van der Waals surface area contributed by atoms with E-state index in [-0.39, 0.29) is 5.91 Å². The van der Waals surface area contributed by atoms with Gasteiger partial charge in [-0.05, 0) is 50.3 Å². The summed E-state index contributed by atoms with van der Waals surface area (Å²) in [4.78, 5) is 15.8. The summed E-state index contributed by atoms with van der Waals surface area (Å²) in [6, 6.07) is 4.09. The van der Waals surface area contributed by atoms with E-state index in [0.29, 0.717) is 25.4 Å². The number of nitrogens with zero attached hydrogens (tertiary/aromatic N) is 1. The van der Waals surface area contributed by atoms with Gasteiger partial charge in [-0.3, -0.25) is 14.3 Å². The molecular formula is C22H36N3O3P. The molecule has 1 heterocycles. The number of pyridine rings is 1. The number of rotatable bonds is 13. The number of hydrogen-bond acceptors (Lipinski definition) is 4. The molecule has 2 rings (SSSR count). The van der Waals surface area contributed by atoms with Crippen molar-refractivity contribution in [2.45, 2.75) is 70.8 Å². The fourth-order valence-corrected chi connectivity index (χ4v) is 5.80. The normalized spacial score (nSPS) is 17.3. The van der Waals surface area contributed by atoms with E-state index in [0.717, 1.165) is 44.1 Å². The maximum atomic E-state index is 13.0. The lowest BCUT2D eigenvalue weighted by molar-refractivity contribution is -0.116. The Morgan fingerprint density at radius 1 is 1.24 bits per heavy atom. The van der Waals surface area contributed by atoms with Gasteiger partial charge in [0.05, 0.1) is 6.61 Å². The average Bonchev–Trinajstić information content (AvgIpc) is 2.73. The van der Waals surface area contributed by atoms with Crippen LogP contribution in [0.2, 0.25) is 0 Å². The fraction of sp³-hybridized carbons (Fsp3) is 0.636. The van der Waals surface area contributed by atoms with Crippen molar-refractivity contribution < 1.29 is 13.9 Å². The van der Waals surface area contributed by atoms with Gasteiger partial charge < -0.3 is 9.84 Å². The number of unbranched alkanes of at least 4 members (excludes halogenated alkanes) is 3. The van der Waals surface area contributed by atoms with Crippen molar-refractivity contribution in [2.75, 3.05) is 19.3 Å². The molecule has 2 N–H and O–H groups in total. The van der Waals surface area contributed by atoms with Crippen LogP contribution in [0.25, 0.3) is 6.08 Å². The molecule has 1 atom stereocenters. The third-order valence-electron chi connectivity index (χ3n) is 5.11. The molecule has 0 aliphatic heterocycles. The second-order valence-corrected chi connectivity index (χ2v) is 9.91. The fourth-order valence-electron chi connectivity index (χ4n) is 3.60. The van der Waals surface area contributed by atoms with Gasteiger partial charge in [0.1, 0.15) is 0 Å². The molecule has 1 aliphatic carbocycles. The van der Waals surface area contributed by atoms with Gasteiger partial charge in [0.2, 0.25) is 5.91 Å². The SMILES string of the molecule is CCOP(=O)(CCCCCCNC(=O)C=Cc1cccnc1)NC1CCCCC1. The molecule has 1 aromatic rings. The van der Waals surface area contributed by atoms with E-state index in [1.165, 1.54) is 25.3 Å². The molecule has 6 nitrogen and oxygen atoms in total. The zero-order chi connectivity index (χ0) is 20.8. The molecule has 0 bridgehead atoms. The first kappa shape index (κ1) is 23.8. The lowest BCUT2D eigenvalue weighted by atomic mass is 9.96. The van der Waals surface area contributed by atoms with Gasteiger partial charge in [-0.1, -0.05) is 38.2 Å². The van der Waals surface area contributed by atoms with Crippen LogP contribution in [0.15, 0.2) is 30.6 Å². The molecule has 0 radical (unpaired) electrons. The van der Waals surface area contributed by atoms with Gasteiger partial charge in [0.15, 0.2) is 0 Å². The molecule has 162 valence electrons. The van der Waals surface area contributed by atoms with E-state index in [2.05, 4.69) is 15.4 Å². The van der Waals surface area contributed by atoms with Crippen LogP contribution in [0.5, 0.6) is 0 Å². The second kappa shape index (κ2) is 13.7. The van der Waals surface area contributed by atoms with Gasteiger partial charge in [0.25, 0.3) is 7.52 Å². The highest BCUT2D eigenvalue weighted by molar-refractivity contribution is 7.56. The lowest BCUT2D eigenvalue weighted by Crippen LogP contribution is -2.30. The molecule has 1 aliphatic rings. The summed E-state index contributed by atoms with van der Waals surface area (Å²) in [6.07, 6.45) is 17.0. The van der Waals surface area contributed by atoms with Crippen LogP contribution < -0.4 is 10.4 Å². The Balaban J connectivity index is 1.57. The minimum absolute atomic E-state index is 0.0913. The van der Waals surface area contributed by atoms with Crippen LogP contribution in [-0.4, -0.2) is 36.2 Å². The van der Waals surface area contributed by atoms with E-state index in [4.69, 9.17) is 4.52 Å². The van der Waals surface area contributed by atoms with Crippen molar-refractivity contribution in [2.24, 2.45) is 0 Å². The molecule has 1 saturated carbocycles. The molecule has 0 saturated heterocycles. The molecular weight excluding hydrogens is 385 g/mol. The summed E-state index contributed by atoms with van der Waals surface area (Å²) in [5, 5.41) is 6.24. The molecule has 7 heteroatoms. The average molecular weight is 422 g/mol. The predicted molar refractivity (Wildman–Crippen MR) is 119 cm³/mol. The highest BCUT2D eigenvalue weighted by atomic mass is 31.2. The van der Waals surface area contributed by atoms with Gasteiger partial charge in [-0.25, -0.2) is 5.09 Å². The maximum Gasteiger partial charge on any atom is 0.270 e. The number of amides is 1. The van der Waals surface area contributed by atoms with Gasteiger partial charge in [-0.15, -0.1) is 0 Å². The number of carbonyl (C=O) groups is 1. The van der Waals surface area contributed by atoms with Crippen LogP contribution in [0.3, 0.4) is 0 Å². The Hall–Kier alpha value is -1.49. The van der Waals surface area contributed by atoms with E-state index in [1.54, 1.807) is 18.5 Å². The number of carbonyl (C=O) groups excluding carboxylic acids is 1. The highest BCUT2D eigenvalue weighted by Crippen LogP contribution is 2.45. The first-order valence-corrected chi connectivity index (χ1v) is 12.8. The summed E-state index contributed by atoms with van der Waals surface area (Å²) >= 11 is 0. The number of nitrogens with one attached hydrogen (secondary N) is 2. The molecule has 1 amide bonds. The molecule has 1 aromatic heterocycles.